The molecule has 0 bridgehead atoms. The van der Waals surface area contributed by atoms with E-state index in [4.69, 9.17) is 9.84 Å². The molecule has 20 heavy (non-hydrogen) atoms. The maximum Gasteiger partial charge on any atom is 0.251 e. The van der Waals surface area contributed by atoms with Crippen molar-refractivity contribution in [2.24, 2.45) is 5.92 Å². The van der Waals surface area contributed by atoms with Crippen molar-refractivity contribution < 1.29 is 19.7 Å². The van der Waals surface area contributed by atoms with E-state index in [2.05, 4.69) is 5.32 Å². The minimum absolute atomic E-state index is 0.0450. The highest BCUT2D eigenvalue weighted by Crippen LogP contribution is 2.26. The van der Waals surface area contributed by atoms with Crippen LogP contribution in [0.5, 0.6) is 5.75 Å². The number of carbonyl (C=O) groups excluding carboxylic acids is 1. The van der Waals surface area contributed by atoms with E-state index in [-0.39, 0.29) is 24.5 Å². The number of amides is 1. The smallest absolute Gasteiger partial charge is 0.251 e. The zero-order chi connectivity index (χ0) is 14.5. The minimum Gasteiger partial charge on any atom is -0.494 e. The summed E-state index contributed by atoms with van der Waals surface area (Å²) in [6, 6.07) is 6.88. The third-order valence-electron chi connectivity index (χ3n) is 3.65. The van der Waals surface area contributed by atoms with Crippen LogP contribution in [0, 0.1) is 5.92 Å². The van der Waals surface area contributed by atoms with Crippen LogP contribution in [-0.4, -0.2) is 41.5 Å². The van der Waals surface area contributed by atoms with E-state index in [1.807, 2.05) is 6.92 Å². The third kappa shape index (κ3) is 3.49. The standard InChI is InChI=1S/C15H21NO4/c1-2-20-13-5-3-10(4-6-13)15(19)16-12-7-11(9-17)14(18)8-12/h3-6,11-12,14,17-18H,2,7-9H2,1H3,(H,16,19)/t11-,12-,14-/m1/s1. The lowest BCUT2D eigenvalue weighted by atomic mass is 10.1. The Hall–Kier alpha value is -1.59. The fourth-order valence-corrected chi connectivity index (χ4v) is 2.55. The van der Waals surface area contributed by atoms with E-state index in [0.29, 0.717) is 25.0 Å². The van der Waals surface area contributed by atoms with Gasteiger partial charge in [0.1, 0.15) is 5.75 Å². The number of nitrogens with one attached hydrogen (secondary N) is 1. The summed E-state index contributed by atoms with van der Waals surface area (Å²) in [4.78, 5) is 12.1. The predicted octanol–water partition coefficient (Wildman–Crippen LogP) is 0.947. The van der Waals surface area contributed by atoms with Gasteiger partial charge >= 0.3 is 0 Å². The summed E-state index contributed by atoms with van der Waals surface area (Å²) in [7, 11) is 0. The average Bonchev–Trinajstić information content (AvgIpc) is 2.80. The first-order chi connectivity index (χ1) is 9.63. The fourth-order valence-electron chi connectivity index (χ4n) is 2.55. The quantitative estimate of drug-likeness (QED) is 0.749. The second kappa shape index (κ2) is 6.72. The molecule has 1 aliphatic carbocycles. The first-order valence-corrected chi connectivity index (χ1v) is 6.96. The number of benzene rings is 1. The summed E-state index contributed by atoms with van der Waals surface area (Å²) in [6.45, 7) is 2.45. The number of ether oxygens (including phenoxy) is 1. The largest absolute Gasteiger partial charge is 0.494 e. The lowest BCUT2D eigenvalue weighted by Gasteiger charge is -2.12. The van der Waals surface area contributed by atoms with Crippen molar-refractivity contribution in [3.05, 3.63) is 29.8 Å². The van der Waals surface area contributed by atoms with Crippen LogP contribution < -0.4 is 10.1 Å². The highest BCUT2D eigenvalue weighted by Gasteiger charge is 2.33. The molecule has 1 amide bonds. The lowest BCUT2D eigenvalue weighted by molar-refractivity contribution is 0.0903. The molecule has 0 radical (unpaired) electrons. The Labute approximate surface area is 118 Å². The Balaban J connectivity index is 1.92. The van der Waals surface area contributed by atoms with Crippen LogP contribution in [-0.2, 0) is 0 Å². The van der Waals surface area contributed by atoms with Gasteiger partial charge in [0.15, 0.2) is 0 Å². The molecule has 5 nitrogen and oxygen atoms in total. The van der Waals surface area contributed by atoms with Gasteiger partial charge in [0.05, 0.1) is 12.7 Å². The van der Waals surface area contributed by atoms with Crippen molar-refractivity contribution in [3.8, 4) is 5.75 Å². The maximum absolute atomic E-state index is 12.1. The van der Waals surface area contributed by atoms with Gasteiger partial charge in [-0.25, -0.2) is 0 Å². The van der Waals surface area contributed by atoms with Crippen molar-refractivity contribution in [3.63, 3.8) is 0 Å². The highest BCUT2D eigenvalue weighted by molar-refractivity contribution is 5.94. The van der Waals surface area contributed by atoms with Gasteiger partial charge in [-0.05, 0) is 44.0 Å². The van der Waals surface area contributed by atoms with Crippen LogP contribution in [0.15, 0.2) is 24.3 Å². The molecule has 110 valence electrons. The Kier molecular flexibility index (Phi) is 4.98. The van der Waals surface area contributed by atoms with Gasteiger partial charge in [0.2, 0.25) is 0 Å². The molecular weight excluding hydrogens is 258 g/mol. The summed E-state index contributed by atoms with van der Waals surface area (Å²) in [5.41, 5.74) is 0.565. The zero-order valence-corrected chi connectivity index (χ0v) is 11.6. The number of aliphatic hydroxyl groups excluding tert-OH is 2. The van der Waals surface area contributed by atoms with Gasteiger partial charge in [-0.2, -0.15) is 0 Å². The molecule has 5 heteroatoms. The monoisotopic (exact) mass is 279 g/mol. The van der Waals surface area contributed by atoms with E-state index in [0.717, 1.165) is 5.75 Å². The molecule has 2 rings (SSSR count). The summed E-state index contributed by atoms with van der Waals surface area (Å²) in [5, 5.41) is 21.7. The summed E-state index contributed by atoms with van der Waals surface area (Å²) >= 11 is 0. The number of hydrogen-bond acceptors (Lipinski definition) is 4. The first-order valence-electron chi connectivity index (χ1n) is 6.96. The normalized spacial score (nSPS) is 25.4. The molecule has 0 heterocycles. The summed E-state index contributed by atoms with van der Waals surface area (Å²) in [5.74, 6) is 0.435. The average molecular weight is 279 g/mol. The Morgan fingerprint density at radius 1 is 1.35 bits per heavy atom. The number of carbonyl (C=O) groups is 1. The fraction of sp³-hybridized carbons (Fsp3) is 0.533. The highest BCUT2D eigenvalue weighted by atomic mass is 16.5. The van der Waals surface area contributed by atoms with Gasteiger partial charge in [0.25, 0.3) is 5.91 Å². The number of aliphatic hydroxyl groups is 2. The molecule has 0 aliphatic heterocycles. The van der Waals surface area contributed by atoms with Crippen molar-refractivity contribution in [1.29, 1.82) is 0 Å². The van der Waals surface area contributed by atoms with Crippen LogP contribution in [0.25, 0.3) is 0 Å². The van der Waals surface area contributed by atoms with Crippen molar-refractivity contribution in [2.75, 3.05) is 13.2 Å². The molecule has 1 aliphatic rings. The van der Waals surface area contributed by atoms with Gasteiger partial charge in [0, 0.05) is 24.1 Å². The molecule has 1 saturated carbocycles. The first kappa shape index (κ1) is 14.8. The SMILES string of the molecule is CCOc1ccc(C(=O)N[C@@H]2C[C@H](CO)[C@H](O)C2)cc1. The molecule has 0 aromatic heterocycles. The van der Waals surface area contributed by atoms with E-state index in [1.54, 1.807) is 24.3 Å². The number of hydrogen-bond donors (Lipinski definition) is 3. The minimum atomic E-state index is -0.536. The van der Waals surface area contributed by atoms with E-state index >= 15 is 0 Å². The summed E-state index contributed by atoms with van der Waals surface area (Å²) in [6.07, 6.45) is 0.569. The molecule has 0 spiro atoms. The lowest BCUT2D eigenvalue weighted by Crippen LogP contribution is -2.33. The zero-order valence-electron chi connectivity index (χ0n) is 11.6. The topological polar surface area (TPSA) is 78.8 Å². The second-order valence-corrected chi connectivity index (χ2v) is 5.11. The number of rotatable bonds is 5. The third-order valence-corrected chi connectivity index (χ3v) is 3.65. The van der Waals surface area contributed by atoms with Crippen molar-refractivity contribution >= 4 is 5.91 Å². The van der Waals surface area contributed by atoms with Crippen LogP contribution in [0.4, 0.5) is 0 Å². The molecule has 3 N–H and O–H groups in total. The van der Waals surface area contributed by atoms with E-state index in [9.17, 15) is 9.90 Å². The summed E-state index contributed by atoms with van der Waals surface area (Å²) < 4.78 is 5.32. The van der Waals surface area contributed by atoms with Gasteiger partial charge < -0.3 is 20.3 Å². The molecule has 1 aromatic carbocycles. The van der Waals surface area contributed by atoms with Gasteiger partial charge in [-0.3, -0.25) is 4.79 Å². The second-order valence-electron chi connectivity index (χ2n) is 5.11. The van der Waals surface area contributed by atoms with Crippen LogP contribution in [0.2, 0.25) is 0 Å². The van der Waals surface area contributed by atoms with Crippen LogP contribution in [0.1, 0.15) is 30.1 Å². The van der Waals surface area contributed by atoms with E-state index in [1.165, 1.54) is 0 Å². The Morgan fingerprint density at radius 2 is 2.05 bits per heavy atom. The molecule has 3 atom stereocenters. The maximum atomic E-state index is 12.1. The molecule has 0 saturated heterocycles. The van der Waals surface area contributed by atoms with Crippen molar-refractivity contribution in [1.82, 2.24) is 5.32 Å². The van der Waals surface area contributed by atoms with Gasteiger partial charge in [-0.1, -0.05) is 0 Å². The van der Waals surface area contributed by atoms with E-state index < -0.39 is 6.10 Å². The van der Waals surface area contributed by atoms with Crippen molar-refractivity contribution in [2.45, 2.75) is 31.9 Å². The molecule has 1 fully saturated rings. The van der Waals surface area contributed by atoms with Crippen LogP contribution in [0.3, 0.4) is 0 Å². The Morgan fingerprint density at radius 3 is 2.60 bits per heavy atom. The van der Waals surface area contributed by atoms with Gasteiger partial charge in [-0.15, -0.1) is 0 Å². The molecule has 0 unspecified atom stereocenters. The van der Waals surface area contributed by atoms with Crippen LogP contribution >= 0.6 is 0 Å². The predicted molar refractivity (Wildman–Crippen MR) is 74.7 cm³/mol. The Bertz CT molecular complexity index is 446. The molecule has 1 aromatic rings. The molecular formula is C15H21NO4.